The van der Waals surface area contributed by atoms with Gasteiger partial charge in [-0.05, 0) is 37.0 Å². The van der Waals surface area contributed by atoms with Crippen LogP contribution in [0.25, 0.3) is 0 Å². The van der Waals surface area contributed by atoms with E-state index in [0.717, 1.165) is 11.1 Å². The Morgan fingerprint density at radius 3 is 2.41 bits per heavy atom. The van der Waals surface area contributed by atoms with Crippen molar-refractivity contribution in [2.75, 3.05) is 5.75 Å². The first-order valence-electron chi connectivity index (χ1n) is 5.86. The highest BCUT2D eigenvalue weighted by Gasteiger charge is 2.16. The summed E-state index contributed by atoms with van der Waals surface area (Å²) in [5, 5.41) is 0. The molecule has 0 spiro atoms. The molecule has 1 unspecified atom stereocenters. The summed E-state index contributed by atoms with van der Waals surface area (Å²) in [7, 11) is -3.10. The second-order valence-corrected chi connectivity index (χ2v) is 6.75. The van der Waals surface area contributed by atoms with Gasteiger partial charge >= 0.3 is 0 Å². The summed E-state index contributed by atoms with van der Waals surface area (Å²) in [6, 6.07) is 5.51. The number of nitrogens with two attached hydrogens (primary N) is 1. The standard InChI is InChI=1S/C13H21NO2S/c1-4-13(14)9-17(15,16)8-12-6-5-10(2)11(3)7-12/h5-7,13H,4,8-9,14H2,1-3H3. The van der Waals surface area contributed by atoms with E-state index in [1.165, 1.54) is 5.56 Å². The van der Waals surface area contributed by atoms with Gasteiger partial charge in [-0.25, -0.2) is 8.42 Å². The van der Waals surface area contributed by atoms with Crippen molar-refractivity contribution in [3.05, 3.63) is 34.9 Å². The van der Waals surface area contributed by atoms with Gasteiger partial charge in [-0.2, -0.15) is 0 Å². The molecule has 2 N–H and O–H groups in total. The van der Waals surface area contributed by atoms with Crippen LogP contribution in [-0.4, -0.2) is 20.2 Å². The highest BCUT2D eigenvalue weighted by molar-refractivity contribution is 7.90. The molecule has 0 heterocycles. The van der Waals surface area contributed by atoms with E-state index in [4.69, 9.17) is 5.73 Å². The highest BCUT2D eigenvalue weighted by Crippen LogP contribution is 2.13. The molecule has 0 aromatic heterocycles. The van der Waals surface area contributed by atoms with Crippen molar-refractivity contribution in [2.24, 2.45) is 5.73 Å². The van der Waals surface area contributed by atoms with Crippen LogP contribution in [0.4, 0.5) is 0 Å². The molecule has 0 aliphatic heterocycles. The van der Waals surface area contributed by atoms with E-state index in [1.54, 1.807) is 0 Å². The van der Waals surface area contributed by atoms with Crippen LogP contribution < -0.4 is 5.73 Å². The van der Waals surface area contributed by atoms with E-state index < -0.39 is 9.84 Å². The summed E-state index contributed by atoms with van der Waals surface area (Å²) in [6.07, 6.45) is 0.687. The second-order valence-electron chi connectivity index (χ2n) is 4.64. The van der Waals surface area contributed by atoms with Crippen LogP contribution in [0.3, 0.4) is 0 Å². The topological polar surface area (TPSA) is 60.2 Å². The minimum atomic E-state index is -3.10. The van der Waals surface area contributed by atoms with Crippen LogP contribution in [-0.2, 0) is 15.6 Å². The number of aryl methyl sites for hydroxylation is 2. The van der Waals surface area contributed by atoms with Gasteiger partial charge in [0.1, 0.15) is 0 Å². The van der Waals surface area contributed by atoms with Gasteiger partial charge in [-0.1, -0.05) is 25.1 Å². The number of sulfone groups is 1. The molecular weight excluding hydrogens is 234 g/mol. The number of hydrogen-bond donors (Lipinski definition) is 1. The SMILES string of the molecule is CCC(N)CS(=O)(=O)Cc1ccc(C)c(C)c1. The van der Waals surface area contributed by atoms with Gasteiger partial charge in [0.25, 0.3) is 0 Å². The van der Waals surface area contributed by atoms with Gasteiger partial charge < -0.3 is 5.73 Å². The summed E-state index contributed by atoms with van der Waals surface area (Å²) in [4.78, 5) is 0. The zero-order valence-corrected chi connectivity index (χ0v) is 11.5. The minimum absolute atomic E-state index is 0.0659. The monoisotopic (exact) mass is 255 g/mol. The first-order chi connectivity index (χ1) is 7.84. The molecule has 4 heteroatoms. The molecule has 0 fully saturated rings. The predicted octanol–water partition coefficient (Wildman–Crippen LogP) is 1.96. The van der Waals surface area contributed by atoms with E-state index in [9.17, 15) is 8.42 Å². The molecule has 1 aromatic rings. The molecule has 0 aliphatic carbocycles. The molecule has 0 saturated carbocycles. The molecule has 1 rings (SSSR count). The smallest absolute Gasteiger partial charge is 0.155 e. The first-order valence-corrected chi connectivity index (χ1v) is 7.68. The summed E-state index contributed by atoms with van der Waals surface area (Å²) in [5.41, 5.74) is 8.83. The third kappa shape index (κ3) is 4.48. The summed E-state index contributed by atoms with van der Waals surface area (Å²) >= 11 is 0. The molecule has 96 valence electrons. The molecule has 0 amide bonds. The Morgan fingerprint density at radius 2 is 1.88 bits per heavy atom. The maximum absolute atomic E-state index is 11.9. The van der Waals surface area contributed by atoms with Crippen LogP contribution in [0.2, 0.25) is 0 Å². The van der Waals surface area contributed by atoms with Gasteiger partial charge in [-0.15, -0.1) is 0 Å². The molecule has 0 aliphatic rings. The summed E-state index contributed by atoms with van der Waals surface area (Å²) in [6.45, 7) is 5.90. The fraction of sp³-hybridized carbons (Fsp3) is 0.538. The van der Waals surface area contributed by atoms with E-state index in [1.807, 2.05) is 39.0 Å². The molecule has 1 atom stereocenters. The molecule has 1 aromatic carbocycles. The third-order valence-electron chi connectivity index (χ3n) is 2.95. The fourth-order valence-electron chi connectivity index (χ4n) is 1.65. The fourth-order valence-corrected chi connectivity index (χ4v) is 3.34. The number of rotatable bonds is 5. The van der Waals surface area contributed by atoms with Crippen molar-refractivity contribution in [2.45, 2.75) is 39.0 Å². The Labute approximate surface area is 104 Å². The maximum Gasteiger partial charge on any atom is 0.155 e. The van der Waals surface area contributed by atoms with Gasteiger partial charge in [0, 0.05) is 6.04 Å². The number of benzene rings is 1. The molecule has 0 radical (unpaired) electrons. The van der Waals surface area contributed by atoms with E-state index in [-0.39, 0.29) is 17.5 Å². The van der Waals surface area contributed by atoms with Crippen molar-refractivity contribution in [3.8, 4) is 0 Å². The lowest BCUT2D eigenvalue weighted by Crippen LogP contribution is -2.29. The van der Waals surface area contributed by atoms with Crippen molar-refractivity contribution in [3.63, 3.8) is 0 Å². The van der Waals surface area contributed by atoms with Gasteiger partial charge in [-0.3, -0.25) is 0 Å². The van der Waals surface area contributed by atoms with Gasteiger partial charge in [0.15, 0.2) is 9.84 Å². The molecule has 0 bridgehead atoms. The normalized spacial score (nSPS) is 13.6. The summed E-state index contributed by atoms with van der Waals surface area (Å²) in [5.74, 6) is 0.151. The Hall–Kier alpha value is -0.870. The van der Waals surface area contributed by atoms with E-state index in [2.05, 4.69) is 0 Å². The average Bonchev–Trinajstić information content (AvgIpc) is 2.22. The van der Waals surface area contributed by atoms with E-state index >= 15 is 0 Å². The van der Waals surface area contributed by atoms with Crippen molar-refractivity contribution in [1.82, 2.24) is 0 Å². The van der Waals surface area contributed by atoms with Crippen LogP contribution in [0.15, 0.2) is 18.2 Å². The van der Waals surface area contributed by atoms with Gasteiger partial charge in [0.2, 0.25) is 0 Å². The lowest BCUT2D eigenvalue weighted by atomic mass is 10.1. The second kappa shape index (κ2) is 5.65. The number of hydrogen-bond acceptors (Lipinski definition) is 3. The Bertz CT molecular complexity index is 480. The van der Waals surface area contributed by atoms with Crippen LogP contribution in [0.1, 0.15) is 30.0 Å². The summed E-state index contributed by atoms with van der Waals surface area (Å²) < 4.78 is 23.8. The molecule has 0 saturated heterocycles. The molecule has 17 heavy (non-hydrogen) atoms. The first kappa shape index (κ1) is 14.2. The third-order valence-corrected chi connectivity index (χ3v) is 4.66. The highest BCUT2D eigenvalue weighted by atomic mass is 32.2. The maximum atomic E-state index is 11.9. The van der Waals surface area contributed by atoms with Gasteiger partial charge in [0.05, 0.1) is 11.5 Å². The zero-order valence-electron chi connectivity index (χ0n) is 10.7. The largest absolute Gasteiger partial charge is 0.327 e. The van der Waals surface area contributed by atoms with Crippen LogP contribution in [0, 0.1) is 13.8 Å². The lowest BCUT2D eigenvalue weighted by molar-refractivity contribution is 0.583. The lowest BCUT2D eigenvalue weighted by Gasteiger charge is -2.10. The molecular formula is C13H21NO2S. The van der Waals surface area contributed by atoms with Crippen LogP contribution >= 0.6 is 0 Å². The Balaban J connectivity index is 2.80. The minimum Gasteiger partial charge on any atom is -0.327 e. The Kier molecular flexibility index (Phi) is 4.71. The van der Waals surface area contributed by atoms with Crippen molar-refractivity contribution >= 4 is 9.84 Å². The predicted molar refractivity (Wildman–Crippen MR) is 71.7 cm³/mol. The van der Waals surface area contributed by atoms with E-state index in [0.29, 0.717) is 6.42 Å². The average molecular weight is 255 g/mol. The quantitative estimate of drug-likeness (QED) is 0.875. The van der Waals surface area contributed by atoms with Crippen molar-refractivity contribution < 1.29 is 8.42 Å². The Morgan fingerprint density at radius 1 is 1.24 bits per heavy atom. The van der Waals surface area contributed by atoms with Crippen LogP contribution in [0.5, 0.6) is 0 Å². The zero-order chi connectivity index (χ0) is 13.1. The van der Waals surface area contributed by atoms with Crippen molar-refractivity contribution in [1.29, 1.82) is 0 Å². The molecule has 3 nitrogen and oxygen atoms in total.